The summed E-state index contributed by atoms with van der Waals surface area (Å²) in [6.45, 7) is 6.15. The third-order valence-electron chi connectivity index (χ3n) is 6.73. The van der Waals surface area contributed by atoms with Gasteiger partial charge in [-0.15, -0.1) is 0 Å². The molecule has 190 valence electrons. The highest BCUT2D eigenvalue weighted by atomic mass is 32.2. The van der Waals surface area contributed by atoms with Crippen molar-refractivity contribution < 1.29 is 13.2 Å². The third-order valence-corrected chi connectivity index (χ3v) is 8.50. The maximum Gasteiger partial charge on any atom is 0.264 e. The predicted octanol–water partition coefficient (Wildman–Crippen LogP) is 4.93. The molecule has 0 atom stereocenters. The number of para-hydroxylation sites is 1. The molecular weight excluding hydrogens is 470 g/mol. The topological polar surface area (TPSA) is 69.7 Å². The minimum atomic E-state index is -3.91. The largest absolute Gasteiger partial charge is 0.352 e. The summed E-state index contributed by atoms with van der Waals surface area (Å²) in [5, 5.41) is 3.01. The van der Waals surface area contributed by atoms with Crippen molar-refractivity contribution in [3.63, 3.8) is 0 Å². The van der Waals surface area contributed by atoms with Crippen molar-refractivity contribution in [3.8, 4) is 0 Å². The van der Waals surface area contributed by atoms with Crippen molar-refractivity contribution in [2.75, 3.05) is 30.5 Å². The fourth-order valence-corrected chi connectivity index (χ4v) is 6.03. The van der Waals surface area contributed by atoms with Gasteiger partial charge in [-0.05, 0) is 74.6 Å². The summed E-state index contributed by atoms with van der Waals surface area (Å²) in [5.41, 5.74) is 1.55. The quantitative estimate of drug-likeness (QED) is 0.397. The second kappa shape index (κ2) is 12.2. The van der Waals surface area contributed by atoms with Crippen LogP contribution in [0.1, 0.15) is 42.1 Å². The number of sulfonamides is 1. The molecule has 1 saturated heterocycles. The summed E-state index contributed by atoms with van der Waals surface area (Å²) in [6, 6.07) is 24.7. The number of piperidine rings is 1. The molecule has 1 aliphatic heterocycles. The van der Waals surface area contributed by atoms with Gasteiger partial charge in [0.05, 0.1) is 22.7 Å². The second-order valence-corrected chi connectivity index (χ2v) is 11.3. The Morgan fingerprint density at radius 1 is 0.917 bits per heavy atom. The maximum atomic E-state index is 13.8. The highest BCUT2D eigenvalue weighted by Gasteiger charge is 2.28. The molecule has 0 unspecified atom stereocenters. The third kappa shape index (κ3) is 6.53. The monoisotopic (exact) mass is 505 g/mol. The van der Waals surface area contributed by atoms with Crippen LogP contribution in [-0.2, 0) is 16.6 Å². The molecule has 0 aromatic heterocycles. The van der Waals surface area contributed by atoms with Crippen molar-refractivity contribution in [2.45, 2.75) is 37.6 Å². The van der Waals surface area contributed by atoms with E-state index in [4.69, 9.17) is 0 Å². The van der Waals surface area contributed by atoms with Gasteiger partial charge in [0, 0.05) is 6.54 Å². The molecule has 3 aromatic rings. The van der Waals surface area contributed by atoms with Gasteiger partial charge >= 0.3 is 0 Å². The average molecular weight is 506 g/mol. The summed E-state index contributed by atoms with van der Waals surface area (Å²) in [7, 11) is -3.91. The fourth-order valence-electron chi connectivity index (χ4n) is 4.54. The number of carbonyl (C=O) groups excluding carboxylic acids is 1. The molecule has 1 aliphatic rings. The lowest BCUT2D eigenvalue weighted by atomic mass is 9.99. The molecule has 4 rings (SSSR count). The maximum absolute atomic E-state index is 13.8. The van der Waals surface area contributed by atoms with E-state index in [2.05, 4.69) is 17.1 Å². The van der Waals surface area contributed by atoms with Gasteiger partial charge in [-0.2, -0.15) is 0 Å². The van der Waals surface area contributed by atoms with Crippen molar-refractivity contribution in [1.29, 1.82) is 0 Å². The molecule has 1 fully saturated rings. The second-order valence-electron chi connectivity index (χ2n) is 9.46. The van der Waals surface area contributed by atoms with Crippen molar-refractivity contribution in [3.05, 3.63) is 96.1 Å². The first kappa shape index (κ1) is 25.9. The van der Waals surface area contributed by atoms with Crippen LogP contribution in [0, 0.1) is 5.92 Å². The Labute approximate surface area is 215 Å². The lowest BCUT2D eigenvalue weighted by molar-refractivity contribution is 0.0951. The average Bonchev–Trinajstić information content (AvgIpc) is 2.91. The Hall–Kier alpha value is -3.16. The standard InChI is InChI=1S/C29H35N3O3S/c1-24-17-21-31(22-18-24)20-10-19-30-29(33)27-15-8-9-16-28(27)32(23-25-11-4-2-5-12-25)36(34,35)26-13-6-3-7-14-26/h2-9,11-16,24H,10,17-23H2,1H3,(H,30,33). The number of likely N-dealkylation sites (tertiary alicyclic amines) is 1. The van der Waals surface area contributed by atoms with Crippen LogP contribution in [-0.4, -0.2) is 45.4 Å². The molecule has 36 heavy (non-hydrogen) atoms. The van der Waals surface area contributed by atoms with Crippen LogP contribution in [0.2, 0.25) is 0 Å². The Kier molecular flexibility index (Phi) is 8.78. The van der Waals surface area contributed by atoms with Crippen molar-refractivity contribution >= 4 is 21.6 Å². The molecule has 0 saturated carbocycles. The molecule has 0 spiro atoms. The summed E-state index contributed by atoms with van der Waals surface area (Å²) in [6.07, 6.45) is 3.32. The molecule has 1 amide bonds. The number of amides is 1. The van der Waals surface area contributed by atoms with Crippen LogP contribution < -0.4 is 9.62 Å². The van der Waals surface area contributed by atoms with E-state index in [1.54, 1.807) is 54.6 Å². The van der Waals surface area contributed by atoms with Crippen LogP contribution in [0.3, 0.4) is 0 Å². The van der Waals surface area contributed by atoms with Crippen LogP contribution in [0.4, 0.5) is 5.69 Å². The number of nitrogens with zero attached hydrogens (tertiary/aromatic N) is 2. The number of hydrogen-bond donors (Lipinski definition) is 1. The van der Waals surface area contributed by atoms with E-state index in [0.717, 1.165) is 37.5 Å². The van der Waals surface area contributed by atoms with Gasteiger partial charge in [-0.3, -0.25) is 9.10 Å². The summed E-state index contributed by atoms with van der Waals surface area (Å²) in [4.78, 5) is 15.9. The zero-order chi connectivity index (χ0) is 25.4. The zero-order valence-electron chi connectivity index (χ0n) is 20.8. The number of benzene rings is 3. The first-order valence-corrected chi connectivity index (χ1v) is 14.1. The lowest BCUT2D eigenvalue weighted by Gasteiger charge is -2.30. The molecule has 0 aliphatic carbocycles. The van der Waals surface area contributed by atoms with Gasteiger partial charge < -0.3 is 10.2 Å². The number of hydrogen-bond acceptors (Lipinski definition) is 4. The van der Waals surface area contributed by atoms with E-state index in [-0.39, 0.29) is 17.3 Å². The van der Waals surface area contributed by atoms with Gasteiger partial charge in [-0.25, -0.2) is 8.42 Å². The Morgan fingerprint density at radius 3 is 2.22 bits per heavy atom. The van der Waals surface area contributed by atoms with Crippen LogP contribution in [0.15, 0.2) is 89.8 Å². The molecular formula is C29H35N3O3S. The van der Waals surface area contributed by atoms with Crippen molar-refractivity contribution in [1.82, 2.24) is 10.2 Å². The van der Waals surface area contributed by atoms with Crippen LogP contribution >= 0.6 is 0 Å². The smallest absolute Gasteiger partial charge is 0.264 e. The van der Waals surface area contributed by atoms with E-state index in [1.165, 1.54) is 17.1 Å². The first-order valence-electron chi connectivity index (χ1n) is 12.7. The Morgan fingerprint density at radius 2 is 1.53 bits per heavy atom. The number of nitrogens with one attached hydrogen (secondary N) is 1. The van der Waals surface area contributed by atoms with E-state index in [0.29, 0.717) is 17.8 Å². The number of carbonyl (C=O) groups is 1. The van der Waals surface area contributed by atoms with Gasteiger partial charge in [0.1, 0.15) is 0 Å². The molecule has 0 bridgehead atoms. The van der Waals surface area contributed by atoms with Crippen molar-refractivity contribution in [2.24, 2.45) is 5.92 Å². The van der Waals surface area contributed by atoms with E-state index >= 15 is 0 Å². The van der Waals surface area contributed by atoms with E-state index in [1.807, 2.05) is 30.3 Å². The molecule has 1 heterocycles. The summed E-state index contributed by atoms with van der Waals surface area (Å²) >= 11 is 0. The lowest BCUT2D eigenvalue weighted by Crippen LogP contribution is -2.36. The van der Waals surface area contributed by atoms with Crippen LogP contribution in [0.25, 0.3) is 0 Å². The van der Waals surface area contributed by atoms with Gasteiger partial charge in [-0.1, -0.05) is 67.6 Å². The molecule has 7 heteroatoms. The number of anilines is 1. The number of rotatable bonds is 10. The molecule has 3 aromatic carbocycles. The highest BCUT2D eigenvalue weighted by molar-refractivity contribution is 7.92. The van der Waals surface area contributed by atoms with Gasteiger partial charge in [0.15, 0.2) is 0 Å². The SMILES string of the molecule is CC1CCN(CCCNC(=O)c2ccccc2N(Cc2ccccc2)S(=O)(=O)c2ccccc2)CC1. The Balaban J connectivity index is 1.53. The Bertz CT molecular complexity index is 1220. The summed E-state index contributed by atoms with van der Waals surface area (Å²) in [5.74, 6) is 0.530. The van der Waals surface area contributed by atoms with E-state index in [9.17, 15) is 13.2 Å². The highest BCUT2D eigenvalue weighted by Crippen LogP contribution is 2.29. The minimum absolute atomic E-state index is 0.121. The molecule has 1 N–H and O–H groups in total. The normalized spacial score (nSPS) is 14.9. The zero-order valence-corrected chi connectivity index (χ0v) is 21.7. The van der Waals surface area contributed by atoms with Crippen LogP contribution in [0.5, 0.6) is 0 Å². The minimum Gasteiger partial charge on any atom is -0.352 e. The predicted molar refractivity (Wildman–Crippen MR) is 144 cm³/mol. The summed E-state index contributed by atoms with van der Waals surface area (Å²) < 4.78 is 28.9. The van der Waals surface area contributed by atoms with Gasteiger partial charge in [0.2, 0.25) is 0 Å². The fraction of sp³-hybridized carbons (Fsp3) is 0.345. The molecule has 0 radical (unpaired) electrons. The first-order chi connectivity index (χ1) is 17.4. The van der Waals surface area contributed by atoms with Gasteiger partial charge in [0.25, 0.3) is 15.9 Å². The van der Waals surface area contributed by atoms with E-state index < -0.39 is 10.0 Å². The molecule has 6 nitrogen and oxygen atoms in total.